The van der Waals surface area contributed by atoms with Gasteiger partial charge in [-0.05, 0) is 30.0 Å². The molecule has 0 radical (unpaired) electrons. The van der Waals surface area contributed by atoms with Gasteiger partial charge in [0.05, 0.1) is 6.61 Å². The largest absolute Gasteiger partial charge is 0.356 e. The molecule has 0 aliphatic rings. The Morgan fingerprint density at radius 3 is 2.28 bits per heavy atom. The Morgan fingerprint density at radius 2 is 1.72 bits per heavy atom. The van der Waals surface area contributed by atoms with E-state index < -0.39 is 8.07 Å². The molecule has 102 valence electrons. The maximum Gasteiger partial charge on any atom is 0.147 e. The fraction of sp³-hybridized carbons (Fsp3) is 0.571. The molecule has 0 atom stereocenters. The van der Waals surface area contributed by atoms with E-state index in [0.717, 1.165) is 6.61 Å². The van der Waals surface area contributed by atoms with Gasteiger partial charge in [-0.2, -0.15) is 0 Å². The van der Waals surface area contributed by atoms with Crippen LogP contribution in [0.4, 0.5) is 0 Å². The van der Waals surface area contributed by atoms with Crippen LogP contribution in [0.1, 0.15) is 5.56 Å². The van der Waals surface area contributed by atoms with Crippen LogP contribution in [0.25, 0.3) is 0 Å². The van der Waals surface area contributed by atoms with Gasteiger partial charge in [-0.3, -0.25) is 0 Å². The van der Waals surface area contributed by atoms with Crippen molar-refractivity contribution in [3.05, 3.63) is 29.8 Å². The van der Waals surface area contributed by atoms with Gasteiger partial charge < -0.3 is 9.47 Å². The highest BCUT2D eigenvalue weighted by Crippen LogP contribution is 2.15. The second kappa shape index (κ2) is 7.99. The molecule has 18 heavy (non-hydrogen) atoms. The lowest BCUT2D eigenvalue weighted by Crippen LogP contribution is -2.21. The summed E-state index contributed by atoms with van der Waals surface area (Å²) in [5, 5.41) is 0. The number of thioether (sulfide) groups is 1. The van der Waals surface area contributed by atoms with Gasteiger partial charge in [0.15, 0.2) is 0 Å². The highest BCUT2D eigenvalue weighted by molar-refractivity contribution is 7.98. The van der Waals surface area contributed by atoms with Crippen molar-refractivity contribution in [2.24, 2.45) is 0 Å². The predicted molar refractivity (Wildman–Crippen MR) is 82.0 cm³/mol. The molecule has 4 heteroatoms. The maximum atomic E-state index is 5.49. The highest BCUT2D eigenvalue weighted by Gasteiger charge is 2.11. The van der Waals surface area contributed by atoms with Crippen LogP contribution in [0.5, 0.6) is 0 Å². The number of hydrogen-bond donors (Lipinski definition) is 0. The molecule has 0 aliphatic heterocycles. The normalized spacial score (nSPS) is 11.8. The summed E-state index contributed by atoms with van der Waals surface area (Å²) in [4.78, 5) is 1.28. The van der Waals surface area contributed by atoms with E-state index >= 15 is 0 Å². The van der Waals surface area contributed by atoms with Gasteiger partial charge in [0.2, 0.25) is 0 Å². The molecule has 0 aliphatic carbocycles. The van der Waals surface area contributed by atoms with Gasteiger partial charge in [-0.15, -0.1) is 11.8 Å². The lowest BCUT2D eigenvalue weighted by molar-refractivity contribution is -0.0573. The molecule has 0 aromatic heterocycles. The van der Waals surface area contributed by atoms with E-state index in [4.69, 9.17) is 9.47 Å². The summed E-state index contributed by atoms with van der Waals surface area (Å²) in [5.41, 5.74) is 1.20. The zero-order chi connectivity index (χ0) is 13.4. The lowest BCUT2D eigenvalue weighted by atomic mass is 10.2. The molecule has 0 unspecified atom stereocenters. The molecule has 0 saturated carbocycles. The Morgan fingerprint density at radius 1 is 1.06 bits per heavy atom. The summed E-state index contributed by atoms with van der Waals surface area (Å²) in [6.45, 7) is 8.90. The Kier molecular flexibility index (Phi) is 7.00. The third-order valence-corrected chi connectivity index (χ3v) is 5.04. The van der Waals surface area contributed by atoms with Crippen LogP contribution in [0.15, 0.2) is 29.2 Å². The van der Waals surface area contributed by atoms with Crippen LogP contribution in [-0.2, 0) is 16.1 Å². The maximum absolute atomic E-state index is 5.49. The molecule has 0 saturated heterocycles. The molecule has 0 heterocycles. The third kappa shape index (κ3) is 7.21. The molecule has 0 bridgehead atoms. The first kappa shape index (κ1) is 15.8. The van der Waals surface area contributed by atoms with Crippen molar-refractivity contribution in [2.75, 3.05) is 19.7 Å². The smallest absolute Gasteiger partial charge is 0.147 e. The first-order chi connectivity index (χ1) is 8.51. The van der Waals surface area contributed by atoms with Crippen molar-refractivity contribution >= 4 is 19.8 Å². The molecule has 1 aromatic carbocycles. The minimum atomic E-state index is -0.975. The SMILES string of the molecule is CSc1ccc(COCOCC[Si](C)(C)C)cc1. The predicted octanol–water partition coefficient (Wildman–Crippen LogP) is 4.24. The Balaban J connectivity index is 2.10. The topological polar surface area (TPSA) is 18.5 Å². The van der Waals surface area contributed by atoms with E-state index in [0.29, 0.717) is 13.4 Å². The van der Waals surface area contributed by atoms with E-state index in [1.807, 2.05) is 0 Å². The van der Waals surface area contributed by atoms with Crippen molar-refractivity contribution in [3.63, 3.8) is 0 Å². The summed E-state index contributed by atoms with van der Waals surface area (Å²) in [7, 11) is -0.975. The van der Waals surface area contributed by atoms with E-state index in [2.05, 4.69) is 50.2 Å². The molecule has 0 fully saturated rings. The van der Waals surface area contributed by atoms with Crippen LogP contribution >= 0.6 is 11.8 Å². The summed E-state index contributed by atoms with van der Waals surface area (Å²) < 4.78 is 11.0. The fourth-order valence-corrected chi connectivity index (χ4v) is 2.54. The van der Waals surface area contributed by atoms with E-state index in [-0.39, 0.29) is 0 Å². The van der Waals surface area contributed by atoms with Gasteiger partial charge in [0.25, 0.3) is 0 Å². The molecule has 0 amide bonds. The van der Waals surface area contributed by atoms with Gasteiger partial charge in [-0.25, -0.2) is 0 Å². The first-order valence-electron chi connectivity index (χ1n) is 6.30. The van der Waals surface area contributed by atoms with Crippen molar-refractivity contribution in [1.82, 2.24) is 0 Å². The minimum Gasteiger partial charge on any atom is -0.356 e. The number of ether oxygens (including phenoxy) is 2. The average molecular weight is 284 g/mol. The molecular weight excluding hydrogens is 260 g/mol. The minimum absolute atomic E-state index is 0.398. The van der Waals surface area contributed by atoms with Gasteiger partial charge >= 0.3 is 0 Å². The zero-order valence-electron chi connectivity index (χ0n) is 11.9. The van der Waals surface area contributed by atoms with Crippen molar-refractivity contribution in [3.8, 4) is 0 Å². The third-order valence-electron chi connectivity index (χ3n) is 2.59. The Bertz CT molecular complexity index is 333. The van der Waals surface area contributed by atoms with Gasteiger partial charge in [0, 0.05) is 19.6 Å². The molecule has 0 spiro atoms. The quantitative estimate of drug-likeness (QED) is 0.308. The van der Waals surface area contributed by atoms with Crippen LogP contribution in [0.2, 0.25) is 25.7 Å². The monoisotopic (exact) mass is 284 g/mol. The van der Waals surface area contributed by atoms with E-state index in [1.165, 1.54) is 16.5 Å². The second-order valence-corrected chi connectivity index (χ2v) is 12.0. The first-order valence-corrected chi connectivity index (χ1v) is 11.2. The highest BCUT2D eigenvalue weighted by atomic mass is 32.2. The zero-order valence-corrected chi connectivity index (χ0v) is 13.7. The Hall–Kier alpha value is -0.293. The lowest BCUT2D eigenvalue weighted by Gasteiger charge is -2.15. The van der Waals surface area contributed by atoms with Crippen molar-refractivity contribution < 1.29 is 9.47 Å². The van der Waals surface area contributed by atoms with Crippen molar-refractivity contribution in [2.45, 2.75) is 37.2 Å². The van der Waals surface area contributed by atoms with Crippen LogP contribution in [0.3, 0.4) is 0 Å². The van der Waals surface area contributed by atoms with E-state index in [1.54, 1.807) is 11.8 Å². The fourth-order valence-electron chi connectivity index (χ4n) is 1.38. The van der Waals surface area contributed by atoms with Gasteiger partial charge in [-0.1, -0.05) is 31.8 Å². The summed E-state index contributed by atoms with van der Waals surface area (Å²) in [5.74, 6) is 0. The summed E-state index contributed by atoms with van der Waals surface area (Å²) in [6, 6.07) is 9.64. The molecule has 1 rings (SSSR count). The second-order valence-electron chi connectivity index (χ2n) is 5.53. The Labute approximate surface area is 116 Å². The van der Waals surface area contributed by atoms with Crippen molar-refractivity contribution in [1.29, 1.82) is 0 Å². The van der Waals surface area contributed by atoms with Crippen LogP contribution in [0, 0.1) is 0 Å². The molecule has 0 N–H and O–H groups in total. The number of benzene rings is 1. The molecule has 1 aromatic rings. The molecule has 2 nitrogen and oxygen atoms in total. The standard InChI is InChI=1S/C14H24O2SSi/c1-17-14-7-5-13(6-8-14)11-16-12-15-9-10-18(2,3)4/h5-8H,9-12H2,1-4H3. The number of rotatable bonds is 8. The van der Waals surface area contributed by atoms with Crippen LogP contribution < -0.4 is 0 Å². The number of hydrogen-bond acceptors (Lipinski definition) is 3. The van der Waals surface area contributed by atoms with Gasteiger partial charge in [0.1, 0.15) is 6.79 Å². The molecular formula is C14H24O2SSi. The summed E-state index contributed by atoms with van der Waals surface area (Å²) >= 11 is 1.75. The average Bonchev–Trinajstić information content (AvgIpc) is 2.33. The summed E-state index contributed by atoms with van der Waals surface area (Å²) in [6.07, 6.45) is 2.08. The van der Waals surface area contributed by atoms with Crippen LogP contribution in [-0.4, -0.2) is 27.7 Å². The van der Waals surface area contributed by atoms with E-state index in [9.17, 15) is 0 Å².